The molecule has 0 saturated carbocycles. The smallest absolute Gasteiger partial charge is 0.345 e. The molecule has 0 aliphatic heterocycles. The van der Waals surface area contributed by atoms with Crippen LogP contribution in [0, 0.1) is 0 Å². The number of amides is 1. The summed E-state index contributed by atoms with van der Waals surface area (Å²) in [5.41, 5.74) is 5.86. The van der Waals surface area contributed by atoms with Crippen molar-refractivity contribution in [3.63, 3.8) is 0 Å². The summed E-state index contributed by atoms with van der Waals surface area (Å²) in [6.45, 7) is 3.93. The number of hydrogen-bond donors (Lipinski definition) is 2. The van der Waals surface area contributed by atoms with Crippen molar-refractivity contribution in [1.29, 1.82) is 0 Å². The number of rotatable bonds is 5. The molecule has 5 nitrogen and oxygen atoms in total. The van der Waals surface area contributed by atoms with Gasteiger partial charge in [-0.05, 0) is 19.9 Å². The number of carbonyl (C=O) groups excluding carboxylic acids is 1. The van der Waals surface area contributed by atoms with Gasteiger partial charge in [-0.2, -0.15) is 0 Å². The first-order valence-electron chi connectivity index (χ1n) is 4.78. The van der Waals surface area contributed by atoms with Crippen molar-refractivity contribution in [3.8, 4) is 0 Å². The van der Waals surface area contributed by atoms with Crippen LogP contribution in [0.25, 0.3) is 0 Å². The second-order valence-corrected chi connectivity index (χ2v) is 4.57. The van der Waals surface area contributed by atoms with Gasteiger partial charge < -0.3 is 15.7 Å². The molecule has 1 rings (SSSR count). The fraction of sp³-hybridized carbons (Fsp3) is 0.400. The van der Waals surface area contributed by atoms with Gasteiger partial charge in [-0.1, -0.05) is 0 Å². The zero-order valence-corrected chi connectivity index (χ0v) is 9.95. The summed E-state index contributed by atoms with van der Waals surface area (Å²) in [6.07, 6.45) is 0. The van der Waals surface area contributed by atoms with Gasteiger partial charge in [0.05, 0.1) is 6.54 Å². The Hall–Kier alpha value is -1.56. The number of nitrogens with zero attached hydrogens (tertiary/aromatic N) is 1. The average Bonchev–Trinajstić information content (AvgIpc) is 2.61. The molecule has 16 heavy (non-hydrogen) atoms. The van der Waals surface area contributed by atoms with E-state index >= 15 is 0 Å². The van der Waals surface area contributed by atoms with Gasteiger partial charge in [0.1, 0.15) is 4.88 Å². The Labute approximate surface area is 97.5 Å². The highest BCUT2D eigenvalue weighted by Crippen LogP contribution is 2.24. The monoisotopic (exact) mass is 242 g/mol. The lowest BCUT2D eigenvalue weighted by atomic mass is 10.2. The van der Waals surface area contributed by atoms with E-state index in [1.165, 1.54) is 0 Å². The summed E-state index contributed by atoms with van der Waals surface area (Å²) >= 11 is 1.14. The molecule has 0 atom stereocenters. The molecule has 3 N–H and O–H groups in total. The van der Waals surface area contributed by atoms with Crippen LogP contribution in [-0.4, -0.2) is 29.6 Å². The van der Waals surface area contributed by atoms with Crippen molar-refractivity contribution in [3.05, 3.63) is 16.3 Å². The van der Waals surface area contributed by atoms with E-state index in [4.69, 9.17) is 10.8 Å². The van der Waals surface area contributed by atoms with Gasteiger partial charge in [0.15, 0.2) is 0 Å². The van der Waals surface area contributed by atoms with Crippen LogP contribution in [0.5, 0.6) is 0 Å². The predicted octanol–water partition coefficient (Wildman–Crippen LogP) is 1.15. The lowest BCUT2D eigenvalue weighted by molar-refractivity contribution is -0.116. The summed E-state index contributed by atoms with van der Waals surface area (Å²) in [6, 6.07) is 1.64. The number of primary amides is 1. The SMILES string of the molecule is CC(C)N(CC(N)=O)c1csc(C(=O)O)c1. The molecule has 1 amide bonds. The topological polar surface area (TPSA) is 83.6 Å². The van der Waals surface area contributed by atoms with Crippen LogP contribution in [-0.2, 0) is 4.79 Å². The Morgan fingerprint density at radius 3 is 2.56 bits per heavy atom. The number of anilines is 1. The third-order valence-corrected chi connectivity index (χ3v) is 2.98. The van der Waals surface area contributed by atoms with E-state index in [0.29, 0.717) is 0 Å². The van der Waals surface area contributed by atoms with E-state index in [2.05, 4.69) is 0 Å². The van der Waals surface area contributed by atoms with Crippen LogP contribution in [0.1, 0.15) is 23.5 Å². The van der Waals surface area contributed by atoms with Crippen molar-refractivity contribution in [2.75, 3.05) is 11.4 Å². The van der Waals surface area contributed by atoms with E-state index in [-0.39, 0.29) is 17.5 Å². The molecule has 0 unspecified atom stereocenters. The minimum atomic E-state index is -0.959. The highest BCUT2D eigenvalue weighted by atomic mass is 32.1. The Bertz CT molecular complexity index is 401. The first-order valence-corrected chi connectivity index (χ1v) is 5.66. The molecule has 1 heterocycles. The molecule has 0 spiro atoms. The van der Waals surface area contributed by atoms with Crippen LogP contribution >= 0.6 is 11.3 Å². The van der Waals surface area contributed by atoms with Crippen molar-refractivity contribution in [2.24, 2.45) is 5.73 Å². The molecule has 0 saturated heterocycles. The molecule has 1 aromatic rings. The normalized spacial score (nSPS) is 10.4. The predicted molar refractivity (Wildman–Crippen MR) is 63.0 cm³/mol. The number of hydrogen-bond acceptors (Lipinski definition) is 4. The lowest BCUT2D eigenvalue weighted by Gasteiger charge is -2.26. The van der Waals surface area contributed by atoms with E-state index < -0.39 is 11.9 Å². The standard InChI is InChI=1S/C10H14N2O3S/c1-6(2)12(4-9(11)13)7-3-8(10(14)15)16-5-7/h3,5-6H,4H2,1-2H3,(H2,11,13)(H,14,15). The number of carboxylic acid groups (broad SMARTS) is 1. The van der Waals surface area contributed by atoms with Crippen LogP contribution in [0.15, 0.2) is 11.4 Å². The first kappa shape index (κ1) is 12.5. The van der Waals surface area contributed by atoms with Gasteiger partial charge >= 0.3 is 5.97 Å². The quantitative estimate of drug-likeness (QED) is 0.811. The summed E-state index contributed by atoms with van der Waals surface area (Å²) in [7, 11) is 0. The maximum Gasteiger partial charge on any atom is 0.345 e. The van der Waals surface area contributed by atoms with Gasteiger partial charge in [0, 0.05) is 17.1 Å². The van der Waals surface area contributed by atoms with Crippen molar-refractivity contribution >= 4 is 28.9 Å². The van der Waals surface area contributed by atoms with Gasteiger partial charge in [0.25, 0.3) is 0 Å². The highest BCUT2D eigenvalue weighted by molar-refractivity contribution is 7.12. The summed E-state index contributed by atoms with van der Waals surface area (Å²) in [4.78, 5) is 23.6. The van der Waals surface area contributed by atoms with Crippen molar-refractivity contribution < 1.29 is 14.7 Å². The fourth-order valence-corrected chi connectivity index (χ4v) is 2.07. The summed E-state index contributed by atoms with van der Waals surface area (Å²) in [5, 5.41) is 10.5. The maximum absolute atomic E-state index is 10.9. The highest BCUT2D eigenvalue weighted by Gasteiger charge is 2.16. The summed E-state index contributed by atoms with van der Waals surface area (Å²) < 4.78 is 0. The van der Waals surface area contributed by atoms with Crippen LogP contribution in [0.4, 0.5) is 5.69 Å². The van der Waals surface area contributed by atoms with E-state index in [0.717, 1.165) is 17.0 Å². The molecule has 88 valence electrons. The number of aromatic carboxylic acids is 1. The van der Waals surface area contributed by atoms with Gasteiger partial charge in [-0.25, -0.2) is 4.79 Å². The molecule has 0 bridgehead atoms. The molecular formula is C10H14N2O3S. The number of carbonyl (C=O) groups is 2. The van der Waals surface area contributed by atoms with Crippen molar-refractivity contribution in [1.82, 2.24) is 0 Å². The first-order chi connectivity index (χ1) is 7.41. The van der Waals surface area contributed by atoms with Gasteiger partial charge in [-0.15, -0.1) is 11.3 Å². The zero-order chi connectivity index (χ0) is 12.3. The summed E-state index contributed by atoms with van der Waals surface area (Å²) in [5.74, 6) is -1.39. The third-order valence-electron chi connectivity index (χ3n) is 2.08. The molecule has 0 aromatic carbocycles. The molecule has 6 heteroatoms. The Morgan fingerprint density at radius 2 is 2.19 bits per heavy atom. The van der Waals surface area contributed by atoms with Crippen LogP contribution in [0.3, 0.4) is 0 Å². The molecule has 0 radical (unpaired) electrons. The molecule has 0 fully saturated rings. The number of carboxylic acids is 1. The Morgan fingerprint density at radius 1 is 1.56 bits per heavy atom. The van der Waals surface area contributed by atoms with Gasteiger partial charge in [0.2, 0.25) is 5.91 Å². The largest absolute Gasteiger partial charge is 0.477 e. The van der Waals surface area contributed by atoms with E-state index in [1.807, 2.05) is 13.8 Å². The zero-order valence-electron chi connectivity index (χ0n) is 9.14. The van der Waals surface area contributed by atoms with Gasteiger partial charge in [-0.3, -0.25) is 4.79 Å². The second-order valence-electron chi connectivity index (χ2n) is 3.66. The second kappa shape index (κ2) is 4.98. The molecule has 0 aliphatic carbocycles. The molecular weight excluding hydrogens is 228 g/mol. The van der Waals surface area contributed by atoms with E-state index in [1.54, 1.807) is 16.3 Å². The third kappa shape index (κ3) is 2.96. The fourth-order valence-electron chi connectivity index (χ4n) is 1.33. The van der Waals surface area contributed by atoms with Crippen molar-refractivity contribution in [2.45, 2.75) is 19.9 Å². The van der Waals surface area contributed by atoms with Crippen LogP contribution in [0.2, 0.25) is 0 Å². The number of thiophene rings is 1. The number of nitrogens with two attached hydrogens (primary N) is 1. The van der Waals surface area contributed by atoms with E-state index in [9.17, 15) is 9.59 Å². The lowest BCUT2D eigenvalue weighted by Crippen LogP contribution is -2.38. The average molecular weight is 242 g/mol. The minimum absolute atomic E-state index is 0.0868. The minimum Gasteiger partial charge on any atom is -0.477 e. The van der Waals surface area contributed by atoms with Crippen LogP contribution < -0.4 is 10.6 Å². The maximum atomic E-state index is 10.9. The molecule has 0 aliphatic rings. The Kier molecular flexibility index (Phi) is 3.89. The Balaban J connectivity index is 2.92. The molecule has 1 aromatic heterocycles.